The number of ketones is 2. The molecule has 2 amide bonds. The normalized spacial score (nSPS) is 23.5. The molecule has 0 N–H and O–H groups in total. The van der Waals surface area contributed by atoms with Crippen LogP contribution in [-0.4, -0.2) is 43.2 Å². The van der Waals surface area contributed by atoms with E-state index in [2.05, 4.69) is 0 Å². The number of hydrogen-bond donors (Lipinski definition) is 0. The van der Waals surface area contributed by atoms with E-state index in [1.54, 1.807) is 48.5 Å². The Morgan fingerprint density at radius 2 is 1.41 bits per heavy atom. The zero-order valence-electron chi connectivity index (χ0n) is 20.4. The van der Waals surface area contributed by atoms with Crippen LogP contribution in [0.2, 0.25) is 0 Å². The van der Waals surface area contributed by atoms with Crippen molar-refractivity contribution in [3.8, 4) is 11.5 Å². The number of imide groups is 1. The van der Waals surface area contributed by atoms with E-state index in [0.29, 0.717) is 17.1 Å². The average molecular weight is 498 g/mol. The largest absolute Gasteiger partial charge is 0.493 e. The fourth-order valence-corrected chi connectivity index (χ4v) is 5.79. The molecule has 2 heterocycles. The Hall–Kier alpha value is -4.30. The number of Topliss-reactive ketones (excluding diaryl/α,β-unsaturated/α-hetero) is 2. The highest BCUT2D eigenvalue weighted by Crippen LogP contribution is 2.57. The van der Waals surface area contributed by atoms with Gasteiger partial charge in [-0.15, -0.1) is 0 Å². The molecule has 2 fully saturated rings. The van der Waals surface area contributed by atoms with Crippen LogP contribution in [0.25, 0.3) is 0 Å². The molecule has 186 valence electrons. The smallest absolute Gasteiger partial charge is 0.241 e. The van der Waals surface area contributed by atoms with E-state index in [1.807, 2.05) is 19.1 Å². The van der Waals surface area contributed by atoms with Crippen LogP contribution in [0.1, 0.15) is 37.9 Å². The van der Waals surface area contributed by atoms with Crippen molar-refractivity contribution in [2.24, 2.45) is 11.8 Å². The fraction of sp³-hybridized carbons (Fsp3) is 0.241. The summed E-state index contributed by atoms with van der Waals surface area (Å²) in [5.74, 6) is -4.00. The van der Waals surface area contributed by atoms with Crippen LogP contribution in [-0.2, 0) is 14.3 Å². The second-order valence-electron chi connectivity index (χ2n) is 9.44. The summed E-state index contributed by atoms with van der Waals surface area (Å²) in [4.78, 5) is 56.7. The number of hydrogen-bond acceptors (Lipinski definition) is 7. The maximum atomic E-state index is 14.0. The van der Waals surface area contributed by atoms with Crippen molar-refractivity contribution in [1.82, 2.24) is 0 Å². The molecule has 6 rings (SSSR count). The van der Waals surface area contributed by atoms with Crippen LogP contribution >= 0.6 is 0 Å². The second-order valence-corrected chi connectivity index (χ2v) is 9.44. The third-order valence-electron chi connectivity index (χ3n) is 7.55. The Balaban J connectivity index is 1.52. The number of carbonyl (C=O) groups is 4. The molecule has 3 atom stereocenters. The van der Waals surface area contributed by atoms with E-state index in [4.69, 9.17) is 14.2 Å². The summed E-state index contributed by atoms with van der Waals surface area (Å²) in [7, 11) is 2.93. The average Bonchev–Trinajstić information content (AvgIpc) is 3.48. The van der Waals surface area contributed by atoms with E-state index in [0.717, 1.165) is 10.5 Å². The number of benzene rings is 3. The number of ether oxygens (including phenoxy) is 3. The molecule has 3 aromatic rings. The predicted molar refractivity (Wildman–Crippen MR) is 132 cm³/mol. The highest BCUT2D eigenvalue weighted by atomic mass is 16.5. The van der Waals surface area contributed by atoms with Crippen molar-refractivity contribution in [3.63, 3.8) is 0 Å². The molecule has 1 spiro atoms. The fourth-order valence-electron chi connectivity index (χ4n) is 5.79. The number of rotatable bonds is 4. The maximum Gasteiger partial charge on any atom is 0.241 e. The van der Waals surface area contributed by atoms with Gasteiger partial charge >= 0.3 is 0 Å². The molecule has 3 aromatic carbocycles. The summed E-state index contributed by atoms with van der Waals surface area (Å²) in [5, 5.41) is 0. The van der Waals surface area contributed by atoms with Gasteiger partial charge in [0.1, 0.15) is 0 Å². The van der Waals surface area contributed by atoms with Crippen molar-refractivity contribution in [3.05, 3.63) is 89.0 Å². The van der Waals surface area contributed by atoms with Gasteiger partial charge in [-0.25, -0.2) is 4.90 Å². The Morgan fingerprint density at radius 1 is 0.784 bits per heavy atom. The van der Waals surface area contributed by atoms with Gasteiger partial charge in [-0.1, -0.05) is 54.1 Å². The van der Waals surface area contributed by atoms with Gasteiger partial charge in [0.2, 0.25) is 29.0 Å². The minimum atomic E-state index is -2.11. The molecule has 0 saturated carbocycles. The monoisotopic (exact) mass is 497 g/mol. The SMILES string of the molecule is COc1ccc(N2C(=O)[C@@H]3[C@H](c4ccc(C)cc4)OC4(C(=O)c5ccccc5C4=O)[C@H]3C2=O)cc1OC. The zero-order valence-corrected chi connectivity index (χ0v) is 20.4. The first-order valence-electron chi connectivity index (χ1n) is 11.9. The molecule has 0 radical (unpaired) electrons. The Kier molecular flexibility index (Phi) is 5.07. The van der Waals surface area contributed by atoms with Crippen LogP contribution in [0.5, 0.6) is 11.5 Å². The quantitative estimate of drug-likeness (QED) is 0.400. The predicted octanol–water partition coefficient (Wildman–Crippen LogP) is 3.71. The number of aryl methyl sites for hydroxylation is 1. The van der Waals surface area contributed by atoms with E-state index < -0.39 is 46.9 Å². The Morgan fingerprint density at radius 3 is 2.00 bits per heavy atom. The van der Waals surface area contributed by atoms with Crippen molar-refractivity contribution in [1.29, 1.82) is 0 Å². The molecule has 2 aliphatic heterocycles. The van der Waals surface area contributed by atoms with Gasteiger partial charge in [0.15, 0.2) is 11.5 Å². The highest BCUT2D eigenvalue weighted by molar-refractivity contribution is 6.37. The molecule has 1 aliphatic carbocycles. The van der Waals surface area contributed by atoms with Crippen LogP contribution in [0, 0.1) is 18.8 Å². The maximum absolute atomic E-state index is 14.0. The van der Waals surface area contributed by atoms with Gasteiger partial charge in [-0.2, -0.15) is 0 Å². The second kappa shape index (κ2) is 8.11. The van der Waals surface area contributed by atoms with Crippen molar-refractivity contribution in [2.75, 3.05) is 19.1 Å². The van der Waals surface area contributed by atoms with Gasteiger partial charge in [-0.3, -0.25) is 19.2 Å². The van der Waals surface area contributed by atoms with Crippen LogP contribution < -0.4 is 14.4 Å². The van der Waals surface area contributed by atoms with Crippen molar-refractivity contribution < 1.29 is 33.4 Å². The number of fused-ring (bicyclic) bond motifs is 3. The van der Waals surface area contributed by atoms with Gasteiger partial charge in [0.25, 0.3) is 0 Å². The number of amides is 2. The van der Waals surface area contributed by atoms with Crippen LogP contribution in [0.4, 0.5) is 5.69 Å². The minimum Gasteiger partial charge on any atom is -0.493 e. The molecule has 0 bridgehead atoms. The number of nitrogens with zero attached hydrogens (tertiary/aromatic N) is 1. The molecule has 8 heteroatoms. The van der Waals surface area contributed by atoms with E-state index in [9.17, 15) is 19.2 Å². The zero-order chi connectivity index (χ0) is 26.1. The van der Waals surface area contributed by atoms with Crippen molar-refractivity contribution in [2.45, 2.75) is 18.6 Å². The summed E-state index contributed by atoms with van der Waals surface area (Å²) in [6.07, 6.45) is -0.964. The lowest BCUT2D eigenvalue weighted by Crippen LogP contribution is -2.51. The summed E-state index contributed by atoms with van der Waals surface area (Å²) in [5.41, 5.74) is 0.150. The summed E-state index contributed by atoms with van der Waals surface area (Å²) in [6.45, 7) is 1.92. The van der Waals surface area contributed by atoms with Gasteiger partial charge < -0.3 is 14.2 Å². The lowest BCUT2D eigenvalue weighted by atomic mass is 9.77. The molecule has 0 unspecified atom stereocenters. The number of anilines is 1. The van der Waals surface area contributed by atoms with Crippen LogP contribution in [0.3, 0.4) is 0 Å². The van der Waals surface area contributed by atoms with Crippen LogP contribution in [0.15, 0.2) is 66.7 Å². The molecular weight excluding hydrogens is 474 g/mol. The summed E-state index contributed by atoms with van der Waals surface area (Å²) in [6, 6.07) is 18.4. The molecule has 3 aliphatic rings. The molecule has 2 saturated heterocycles. The molecule has 37 heavy (non-hydrogen) atoms. The van der Waals surface area contributed by atoms with Gasteiger partial charge in [0, 0.05) is 17.2 Å². The van der Waals surface area contributed by atoms with Gasteiger partial charge in [0.05, 0.1) is 37.8 Å². The molecule has 0 aromatic heterocycles. The van der Waals surface area contributed by atoms with E-state index in [1.165, 1.54) is 20.3 Å². The molecular formula is C29H23NO7. The highest BCUT2D eigenvalue weighted by Gasteiger charge is 2.74. The summed E-state index contributed by atoms with van der Waals surface area (Å²) >= 11 is 0. The molecule has 8 nitrogen and oxygen atoms in total. The van der Waals surface area contributed by atoms with Crippen molar-refractivity contribution >= 4 is 29.1 Å². The third-order valence-corrected chi connectivity index (χ3v) is 7.55. The summed E-state index contributed by atoms with van der Waals surface area (Å²) < 4.78 is 17.0. The topological polar surface area (TPSA) is 99.2 Å². The third kappa shape index (κ3) is 2.99. The first-order chi connectivity index (χ1) is 17.8. The Labute approximate surface area is 212 Å². The lowest BCUT2D eigenvalue weighted by molar-refractivity contribution is -0.127. The van der Waals surface area contributed by atoms with Gasteiger partial charge in [-0.05, 0) is 24.6 Å². The number of carbonyl (C=O) groups excluding carboxylic acids is 4. The first kappa shape index (κ1) is 23.1. The Bertz CT molecular complexity index is 1460. The first-order valence-corrected chi connectivity index (χ1v) is 11.9. The van der Waals surface area contributed by atoms with E-state index in [-0.39, 0.29) is 16.8 Å². The minimum absolute atomic E-state index is 0.195. The lowest BCUT2D eigenvalue weighted by Gasteiger charge is -2.27. The van der Waals surface area contributed by atoms with E-state index >= 15 is 0 Å². The standard InChI is InChI=1S/C29H23NO7/c1-15-8-10-16(11-9-15)24-22-23(29(37-24)25(31)18-6-4-5-7-19(18)26(29)32)28(34)30(27(22)33)17-12-13-20(35-2)21(14-17)36-3/h4-14,22-24H,1-3H3/t22-,23+,24-/m0/s1. The number of methoxy groups -OCH3 is 2.